The summed E-state index contributed by atoms with van der Waals surface area (Å²) in [6, 6.07) is 6.72. The van der Waals surface area contributed by atoms with E-state index in [4.69, 9.17) is 0 Å². The summed E-state index contributed by atoms with van der Waals surface area (Å²) < 4.78 is 15.0. The number of amides is 2. The van der Waals surface area contributed by atoms with Crippen LogP contribution in [0.1, 0.15) is 37.3 Å². The summed E-state index contributed by atoms with van der Waals surface area (Å²) in [5.41, 5.74) is 2.38. The SMILES string of the molecule is C[C@H](Nc1nc(NCCc2cccc(F)c2)n2ncc(/C=C3\CC(=O)NC3=O)c2n1)C1CC1. The van der Waals surface area contributed by atoms with E-state index in [-0.39, 0.29) is 24.2 Å². The highest BCUT2D eigenvalue weighted by Gasteiger charge is 2.29. The first-order valence-corrected chi connectivity index (χ1v) is 11.0. The molecule has 10 heteroatoms. The number of nitrogens with one attached hydrogen (secondary N) is 3. The Morgan fingerprint density at radius 2 is 2.15 bits per heavy atom. The van der Waals surface area contributed by atoms with Crippen molar-refractivity contribution in [3.8, 4) is 0 Å². The van der Waals surface area contributed by atoms with Gasteiger partial charge in [-0.05, 0) is 55.9 Å². The lowest BCUT2D eigenvalue weighted by molar-refractivity contribution is -0.124. The first-order chi connectivity index (χ1) is 16.0. The number of hydrogen-bond donors (Lipinski definition) is 3. The summed E-state index contributed by atoms with van der Waals surface area (Å²) >= 11 is 0. The number of halogens is 1. The lowest BCUT2D eigenvalue weighted by Crippen LogP contribution is -2.21. The normalized spacial score (nSPS) is 18.1. The van der Waals surface area contributed by atoms with Gasteiger partial charge < -0.3 is 10.6 Å². The van der Waals surface area contributed by atoms with Crippen molar-refractivity contribution in [1.82, 2.24) is 24.9 Å². The monoisotopic (exact) mass is 449 g/mol. The van der Waals surface area contributed by atoms with Crippen LogP contribution in [0.4, 0.5) is 16.3 Å². The van der Waals surface area contributed by atoms with Crippen LogP contribution in [0, 0.1) is 11.7 Å². The van der Waals surface area contributed by atoms with Crippen molar-refractivity contribution in [3.05, 3.63) is 53.0 Å². The van der Waals surface area contributed by atoms with Crippen LogP contribution in [0.3, 0.4) is 0 Å². The predicted octanol–water partition coefficient (Wildman–Crippen LogP) is 2.56. The number of anilines is 2. The number of aromatic nitrogens is 4. The van der Waals surface area contributed by atoms with E-state index in [1.54, 1.807) is 22.9 Å². The molecular formula is C23H24FN7O2. The number of rotatable bonds is 8. The van der Waals surface area contributed by atoms with E-state index in [2.05, 4.69) is 37.9 Å². The number of benzene rings is 1. The second-order valence-electron chi connectivity index (χ2n) is 8.51. The fraction of sp³-hybridized carbons (Fsp3) is 0.348. The number of imide groups is 1. The summed E-state index contributed by atoms with van der Waals surface area (Å²) in [4.78, 5) is 32.8. The number of hydrogen-bond acceptors (Lipinski definition) is 7. The van der Waals surface area contributed by atoms with Crippen molar-refractivity contribution in [2.75, 3.05) is 17.2 Å². The summed E-state index contributed by atoms with van der Waals surface area (Å²) in [7, 11) is 0. The van der Waals surface area contributed by atoms with Crippen LogP contribution >= 0.6 is 0 Å². The summed E-state index contributed by atoms with van der Waals surface area (Å²) in [6.07, 6.45) is 6.23. The first kappa shape index (κ1) is 21.0. The lowest BCUT2D eigenvalue weighted by atomic mass is 10.1. The molecule has 0 radical (unpaired) electrons. The zero-order chi connectivity index (χ0) is 22.9. The van der Waals surface area contributed by atoms with E-state index in [9.17, 15) is 14.0 Å². The van der Waals surface area contributed by atoms with Crippen LogP contribution < -0.4 is 16.0 Å². The molecule has 1 aromatic carbocycles. The Balaban J connectivity index is 1.44. The topological polar surface area (TPSA) is 113 Å². The highest BCUT2D eigenvalue weighted by atomic mass is 19.1. The molecule has 2 aromatic heterocycles. The second kappa shape index (κ2) is 8.61. The van der Waals surface area contributed by atoms with Crippen LogP contribution in [-0.2, 0) is 16.0 Å². The van der Waals surface area contributed by atoms with Gasteiger partial charge in [0.25, 0.3) is 5.91 Å². The van der Waals surface area contributed by atoms with Gasteiger partial charge >= 0.3 is 0 Å². The fourth-order valence-corrected chi connectivity index (χ4v) is 3.91. The van der Waals surface area contributed by atoms with E-state index in [1.807, 2.05) is 6.07 Å². The third-order valence-electron chi connectivity index (χ3n) is 5.89. The molecule has 3 heterocycles. The maximum absolute atomic E-state index is 13.5. The minimum atomic E-state index is -0.400. The van der Waals surface area contributed by atoms with Crippen molar-refractivity contribution in [1.29, 1.82) is 0 Å². The van der Waals surface area contributed by atoms with Gasteiger partial charge in [-0.2, -0.15) is 19.6 Å². The van der Waals surface area contributed by atoms with Crippen LogP contribution in [0.2, 0.25) is 0 Å². The summed E-state index contributed by atoms with van der Waals surface area (Å²) in [6.45, 7) is 2.62. The average molecular weight is 449 g/mol. The number of nitrogens with zero attached hydrogens (tertiary/aromatic N) is 4. The van der Waals surface area contributed by atoms with Crippen LogP contribution in [0.5, 0.6) is 0 Å². The molecular weight excluding hydrogens is 425 g/mol. The van der Waals surface area contributed by atoms with Gasteiger partial charge in [-0.1, -0.05) is 12.1 Å². The molecule has 1 aliphatic heterocycles. The molecule has 2 aliphatic rings. The fourth-order valence-electron chi connectivity index (χ4n) is 3.91. The standard InChI is InChI=1S/C23H24FN7O2/c1-13(15-5-6-15)27-22-29-20-17(10-16-11-19(32)28-21(16)33)12-26-31(20)23(30-22)25-8-7-14-3-2-4-18(24)9-14/h2-4,9-10,12-13,15H,5-8,11H2,1H3,(H,28,32,33)(H2,25,27,29,30)/b16-10+/t13-/m0/s1. The Labute approximate surface area is 189 Å². The summed E-state index contributed by atoms with van der Waals surface area (Å²) in [5, 5.41) is 13.3. The molecule has 33 heavy (non-hydrogen) atoms. The van der Waals surface area contributed by atoms with Gasteiger partial charge in [-0.25, -0.2) is 4.39 Å². The van der Waals surface area contributed by atoms with Crippen LogP contribution in [-0.4, -0.2) is 44.0 Å². The third-order valence-corrected chi connectivity index (χ3v) is 5.89. The van der Waals surface area contributed by atoms with E-state index in [1.165, 1.54) is 25.0 Å². The van der Waals surface area contributed by atoms with Gasteiger partial charge in [0.05, 0.1) is 12.6 Å². The van der Waals surface area contributed by atoms with Gasteiger partial charge in [-0.3, -0.25) is 14.9 Å². The highest BCUT2D eigenvalue weighted by Crippen LogP contribution is 2.33. The minimum absolute atomic E-state index is 0.0316. The molecule has 5 rings (SSSR count). The van der Waals surface area contributed by atoms with E-state index >= 15 is 0 Å². The lowest BCUT2D eigenvalue weighted by Gasteiger charge is -2.15. The molecule has 3 N–H and O–H groups in total. The first-order valence-electron chi connectivity index (χ1n) is 11.0. The van der Waals surface area contributed by atoms with Gasteiger partial charge in [0.1, 0.15) is 5.82 Å². The summed E-state index contributed by atoms with van der Waals surface area (Å²) in [5.74, 6) is 0.562. The predicted molar refractivity (Wildman–Crippen MR) is 121 cm³/mol. The molecule has 0 bridgehead atoms. The molecule has 0 unspecified atom stereocenters. The Bertz CT molecular complexity index is 1260. The highest BCUT2D eigenvalue weighted by molar-refractivity contribution is 6.15. The van der Waals surface area contributed by atoms with Gasteiger partial charge in [0.15, 0.2) is 5.65 Å². The smallest absolute Gasteiger partial charge is 0.254 e. The average Bonchev–Trinajstić information content (AvgIpc) is 3.48. The van der Waals surface area contributed by atoms with Gasteiger partial charge in [0, 0.05) is 23.7 Å². The Morgan fingerprint density at radius 3 is 2.88 bits per heavy atom. The van der Waals surface area contributed by atoms with Gasteiger partial charge in [0.2, 0.25) is 17.8 Å². The van der Waals surface area contributed by atoms with E-state index < -0.39 is 5.91 Å². The number of fused-ring (bicyclic) bond motifs is 1. The molecule has 1 saturated heterocycles. The Kier molecular flexibility index (Phi) is 5.49. The maximum atomic E-state index is 13.5. The van der Waals surface area contributed by atoms with Crippen molar-refractivity contribution < 1.29 is 14.0 Å². The molecule has 1 saturated carbocycles. The number of carbonyl (C=O) groups excluding carboxylic acids is 2. The minimum Gasteiger partial charge on any atom is -0.354 e. The van der Waals surface area contributed by atoms with Crippen LogP contribution in [0.15, 0.2) is 36.0 Å². The third kappa shape index (κ3) is 4.69. The van der Waals surface area contributed by atoms with Crippen molar-refractivity contribution in [2.24, 2.45) is 5.92 Å². The molecule has 1 atom stereocenters. The molecule has 2 fully saturated rings. The van der Waals surface area contributed by atoms with Crippen LogP contribution in [0.25, 0.3) is 11.7 Å². The van der Waals surface area contributed by atoms with Crippen molar-refractivity contribution in [3.63, 3.8) is 0 Å². The second-order valence-corrected chi connectivity index (χ2v) is 8.51. The molecule has 0 spiro atoms. The zero-order valence-corrected chi connectivity index (χ0v) is 18.1. The van der Waals surface area contributed by atoms with Crippen molar-refractivity contribution in [2.45, 2.75) is 38.6 Å². The molecule has 9 nitrogen and oxygen atoms in total. The molecule has 170 valence electrons. The largest absolute Gasteiger partial charge is 0.354 e. The Morgan fingerprint density at radius 1 is 1.30 bits per heavy atom. The van der Waals surface area contributed by atoms with E-state index in [0.717, 1.165) is 5.56 Å². The Hall–Kier alpha value is -3.82. The maximum Gasteiger partial charge on any atom is 0.254 e. The number of carbonyl (C=O) groups is 2. The zero-order valence-electron chi connectivity index (χ0n) is 18.1. The van der Waals surface area contributed by atoms with Gasteiger partial charge in [-0.15, -0.1) is 0 Å². The van der Waals surface area contributed by atoms with Crippen molar-refractivity contribution >= 4 is 35.4 Å². The molecule has 3 aromatic rings. The quantitative estimate of drug-likeness (QED) is 0.358. The molecule has 2 amide bonds. The van der Waals surface area contributed by atoms with E-state index in [0.29, 0.717) is 47.6 Å². The molecule has 1 aliphatic carbocycles.